The van der Waals surface area contributed by atoms with E-state index in [1.807, 2.05) is 25.7 Å². The lowest BCUT2D eigenvalue weighted by Crippen LogP contribution is -2.56. The topological polar surface area (TPSA) is 79.0 Å². The van der Waals surface area contributed by atoms with Crippen molar-refractivity contribution in [1.29, 1.82) is 0 Å². The molecule has 2 heterocycles. The first kappa shape index (κ1) is 21.2. The largest absolute Gasteiger partial charge is 0.372 e. The monoisotopic (exact) mass is 409 g/mol. The van der Waals surface area contributed by atoms with Gasteiger partial charge in [-0.3, -0.25) is 9.69 Å². The quantitative estimate of drug-likeness (QED) is 0.796. The number of likely N-dealkylation sites (tertiary alicyclic amines) is 1. The second kappa shape index (κ2) is 8.90. The van der Waals surface area contributed by atoms with Crippen LogP contribution in [0.2, 0.25) is 0 Å². The van der Waals surface area contributed by atoms with Crippen molar-refractivity contribution in [2.24, 2.45) is 0 Å². The highest BCUT2D eigenvalue weighted by Gasteiger charge is 2.33. The predicted octanol–water partition coefficient (Wildman–Crippen LogP) is 1.45. The van der Waals surface area contributed by atoms with Crippen LogP contribution in [-0.2, 0) is 19.6 Å². The second-order valence-electron chi connectivity index (χ2n) is 7.92. The molecule has 1 amide bonds. The summed E-state index contributed by atoms with van der Waals surface area (Å²) < 4.78 is 33.5. The molecule has 1 N–H and O–H groups in total. The lowest BCUT2D eigenvalue weighted by atomic mass is 10.0. The summed E-state index contributed by atoms with van der Waals surface area (Å²) in [6.07, 6.45) is 1.50. The maximum atomic E-state index is 12.9. The van der Waals surface area contributed by atoms with E-state index in [2.05, 4.69) is 9.62 Å². The normalized spacial score (nSPS) is 26.2. The molecule has 1 aromatic carbocycles. The van der Waals surface area contributed by atoms with Gasteiger partial charge in [0, 0.05) is 32.2 Å². The number of piperidine rings is 1. The van der Waals surface area contributed by atoms with Gasteiger partial charge in [-0.25, -0.2) is 13.1 Å². The molecule has 1 aromatic rings. The molecule has 0 saturated carbocycles. The molecule has 2 saturated heterocycles. The van der Waals surface area contributed by atoms with E-state index in [1.165, 1.54) is 0 Å². The summed E-state index contributed by atoms with van der Waals surface area (Å²) in [4.78, 5) is 17.2. The minimum atomic E-state index is -3.50. The third-order valence-electron chi connectivity index (χ3n) is 5.54. The van der Waals surface area contributed by atoms with Crippen LogP contribution in [0.25, 0.3) is 0 Å². The van der Waals surface area contributed by atoms with Gasteiger partial charge in [-0.1, -0.05) is 18.2 Å². The average Bonchev–Trinajstić information content (AvgIpc) is 2.67. The number of morpholine rings is 1. The van der Waals surface area contributed by atoms with Gasteiger partial charge in [-0.05, 0) is 45.7 Å². The van der Waals surface area contributed by atoms with Crippen LogP contribution < -0.4 is 4.72 Å². The van der Waals surface area contributed by atoms with Crippen LogP contribution in [0.15, 0.2) is 35.2 Å². The van der Waals surface area contributed by atoms with Crippen molar-refractivity contribution < 1.29 is 17.9 Å². The Bertz CT molecular complexity index is 753. The van der Waals surface area contributed by atoms with Crippen molar-refractivity contribution in [2.45, 2.75) is 62.8 Å². The molecule has 0 radical (unpaired) electrons. The number of hydrogen-bond donors (Lipinski definition) is 1. The number of benzene rings is 1. The molecular weight excluding hydrogens is 378 g/mol. The zero-order valence-corrected chi connectivity index (χ0v) is 17.7. The maximum absolute atomic E-state index is 12.9. The molecule has 0 aliphatic carbocycles. The first-order chi connectivity index (χ1) is 13.3. The highest BCUT2D eigenvalue weighted by molar-refractivity contribution is 7.89. The molecule has 3 rings (SSSR count). The number of rotatable bonds is 5. The number of hydrogen-bond acceptors (Lipinski definition) is 5. The Morgan fingerprint density at radius 3 is 2.25 bits per heavy atom. The Morgan fingerprint density at radius 2 is 1.68 bits per heavy atom. The second-order valence-corrected chi connectivity index (χ2v) is 9.64. The fraction of sp³-hybridized carbons (Fsp3) is 0.650. The van der Waals surface area contributed by atoms with Gasteiger partial charge in [0.05, 0.1) is 23.1 Å². The molecule has 0 aromatic heterocycles. The van der Waals surface area contributed by atoms with Crippen molar-refractivity contribution in [3.8, 4) is 0 Å². The smallest absolute Gasteiger partial charge is 0.240 e. The fourth-order valence-electron chi connectivity index (χ4n) is 4.07. The van der Waals surface area contributed by atoms with Crippen LogP contribution in [0.5, 0.6) is 0 Å². The minimum absolute atomic E-state index is 0.0537. The van der Waals surface area contributed by atoms with Crippen LogP contribution in [0, 0.1) is 0 Å². The lowest BCUT2D eigenvalue weighted by Gasteiger charge is -2.40. The summed E-state index contributed by atoms with van der Waals surface area (Å²) in [6, 6.07) is 8.13. The number of carbonyl (C=O) groups is 1. The standard InChI is InChI=1S/C20H31N3O4S/c1-15-13-23(14-16(2)27-15)20(24)17(3)22-11-9-18(10-12-22)21-28(25,26)19-7-5-4-6-8-19/h4-8,15-18,21H,9-14H2,1-3H3/t15-,16+,17-/m0/s1. The summed E-state index contributed by atoms with van der Waals surface area (Å²) >= 11 is 0. The minimum Gasteiger partial charge on any atom is -0.372 e. The van der Waals surface area contributed by atoms with Gasteiger partial charge in [-0.2, -0.15) is 0 Å². The molecule has 2 fully saturated rings. The van der Waals surface area contributed by atoms with Crippen molar-refractivity contribution in [2.75, 3.05) is 26.2 Å². The van der Waals surface area contributed by atoms with Crippen molar-refractivity contribution in [3.05, 3.63) is 30.3 Å². The summed E-state index contributed by atoms with van der Waals surface area (Å²) in [5.41, 5.74) is 0. The van der Waals surface area contributed by atoms with Crippen molar-refractivity contribution in [3.63, 3.8) is 0 Å². The van der Waals surface area contributed by atoms with E-state index in [-0.39, 0.29) is 35.1 Å². The predicted molar refractivity (Wildman–Crippen MR) is 107 cm³/mol. The molecule has 2 aliphatic heterocycles. The zero-order valence-electron chi connectivity index (χ0n) is 16.9. The Kier molecular flexibility index (Phi) is 6.75. The van der Waals surface area contributed by atoms with E-state index in [0.717, 1.165) is 0 Å². The highest BCUT2D eigenvalue weighted by atomic mass is 32.2. The maximum Gasteiger partial charge on any atom is 0.240 e. The van der Waals surface area contributed by atoms with Crippen molar-refractivity contribution in [1.82, 2.24) is 14.5 Å². The van der Waals surface area contributed by atoms with Crippen molar-refractivity contribution >= 4 is 15.9 Å². The Labute approximate surface area is 168 Å². The molecule has 8 heteroatoms. The van der Waals surface area contributed by atoms with E-state index in [9.17, 15) is 13.2 Å². The Morgan fingerprint density at radius 1 is 1.11 bits per heavy atom. The summed E-state index contributed by atoms with van der Waals surface area (Å²) in [5, 5.41) is 0. The third kappa shape index (κ3) is 5.11. The molecule has 0 unspecified atom stereocenters. The van der Waals surface area contributed by atoms with Gasteiger partial charge >= 0.3 is 0 Å². The number of nitrogens with zero attached hydrogens (tertiary/aromatic N) is 2. The van der Waals surface area contributed by atoms with E-state index < -0.39 is 10.0 Å². The molecule has 0 spiro atoms. The van der Waals surface area contributed by atoms with E-state index in [4.69, 9.17) is 4.74 Å². The molecule has 7 nitrogen and oxygen atoms in total. The molecule has 28 heavy (non-hydrogen) atoms. The van der Waals surface area contributed by atoms with Crippen LogP contribution in [0.1, 0.15) is 33.6 Å². The van der Waals surface area contributed by atoms with Crippen LogP contribution in [-0.4, -0.2) is 74.6 Å². The number of amides is 1. The third-order valence-corrected chi connectivity index (χ3v) is 7.08. The van der Waals surface area contributed by atoms with Gasteiger partial charge in [0.15, 0.2) is 0 Å². The highest BCUT2D eigenvalue weighted by Crippen LogP contribution is 2.19. The van der Waals surface area contributed by atoms with Gasteiger partial charge < -0.3 is 9.64 Å². The fourth-order valence-corrected chi connectivity index (χ4v) is 5.40. The molecule has 2 aliphatic rings. The van der Waals surface area contributed by atoms with Crippen LogP contribution >= 0.6 is 0 Å². The first-order valence-electron chi connectivity index (χ1n) is 10.0. The lowest BCUT2D eigenvalue weighted by molar-refractivity contribution is -0.148. The van der Waals surface area contributed by atoms with E-state index in [0.29, 0.717) is 39.0 Å². The van der Waals surface area contributed by atoms with Gasteiger partial charge in [0.1, 0.15) is 0 Å². The van der Waals surface area contributed by atoms with Gasteiger partial charge in [0.25, 0.3) is 0 Å². The molecular formula is C20H31N3O4S. The Hall–Kier alpha value is -1.48. The molecule has 3 atom stereocenters. The van der Waals surface area contributed by atoms with E-state index >= 15 is 0 Å². The van der Waals surface area contributed by atoms with Crippen LogP contribution in [0.3, 0.4) is 0 Å². The van der Waals surface area contributed by atoms with Gasteiger partial charge in [-0.15, -0.1) is 0 Å². The number of nitrogens with one attached hydrogen (secondary N) is 1. The number of ether oxygens (including phenoxy) is 1. The summed E-state index contributed by atoms with van der Waals surface area (Å²) in [6.45, 7) is 8.58. The van der Waals surface area contributed by atoms with E-state index in [1.54, 1.807) is 30.3 Å². The number of sulfonamides is 1. The van der Waals surface area contributed by atoms with Gasteiger partial charge in [0.2, 0.25) is 15.9 Å². The average molecular weight is 410 g/mol. The van der Waals surface area contributed by atoms with Crippen LogP contribution in [0.4, 0.5) is 0 Å². The SMILES string of the molecule is C[C@@H]1CN(C(=O)[C@H](C)N2CCC(NS(=O)(=O)c3ccccc3)CC2)C[C@H](C)O1. The number of carbonyl (C=O) groups excluding carboxylic acids is 1. The first-order valence-corrected chi connectivity index (χ1v) is 11.5. The summed E-state index contributed by atoms with van der Waals surface area (Å²) in [7, 11) is -3.50. The summed E-state index contributed by atoms with van der Waals surface area (Å²) in [5.74, 6) is 0.130. The molecule has 0 bridgehead atoms. The molecule has 156 valence electrons. The zero-order chi connectivity index (χ0) is 20.3. The Balaban J connectivity index is 1.52.